The molecule has 0 radical (unpaired) electrons. The van der Waals surface area contributed by atoms with E-state index in [0.29, 0.717) is 23.2 Å². The van der Waals surface area contributed by atoms with E-state index < -0.39 is 0 Å². The van der Waals surface area contributed by atoms with Crippen molar-refractivity contribution < 1.29 is 0 Å². The number of para-hydroxylation sites is 1. The van der Waals surface area contributed by atoms with Gasteiger partial charge in [0.05, 0.1) is 10.9 Å². The summed E-state index contributed by atoms with van der Waals surface area (Å²) in [6.45, 7) is 0.519. The minimum atomic E-state index is -0.376. The average Bonchev–Trinajstić information content (AvgIpc) is 2.38. The normalized spacial score (nSPS) is 12.8. The minimum absolute atomic E-state index is 0.130. The number of aryl methyl sites for hydroxylation is 1. The van der Waals surface area contributed by atoms with Crippen LogP contribution in [0.2, 0.25) is 0 Å². The number of hydrogen-bond acceptors (Lipinski definition) is 4. The maximum atomic E-state index is 11.8. The lowest BCUT2D eigenvalue weighted by atomic mass is 10.2. The number of rotatable bonds is 4. The van der Waals surface area contributed by atoms with E-state index in [2.05, 4.69) is 30.2 Å². The highest BCUT2D eigenvalue weighted by Crippen LogP contribution is 2.10. The molecule has 6 heteroatoms. The molecule has 18 heavy (non-hydrogen) atoms. The number of benzene rings is 1. The molecule has 1 aromatic heterocycles. The summed E-state index contributed by atoms with van der Waals surface area (Å²) in [6.07, 6.45) is 0.725. The van der Waals surface area contributed by atoms with Crippen LogP contribution in [-0.4, -0.2) is 20.6 Å². The lowest BCUT2D eigenvalue weighted by Gasteiger charge is -2.11. The summed E-state index contributed by atoms with van der Waals surface area (Å²) in [4.78, 5) is 25.8. The van der Waals surface area contributed by atoms with E-state index in [4.69, 9.17) is 0 Å². The summed E-state index contributed by atoms with van der Waals surface area (Å²) in [5.74, 6) is 0.652. The van der Waals surface area contributed by atoms with Gasteiger partial charge in [-0.05, 0) is 18.6 Å². The first-order valence-corrected chi connectivity index (χ1v) is 6.79. The van der Waals surface area contributed by atoms with E-state index in [0.717, 1.165) is 6.42 Å². The largest absolute Gasteiger partial charge is 0.328 e. The minimum Gasteiger partial charge on any atom is -0.293 e. The second-order valence-electron chi connectivity index (χ2n) is 4.05. The molecule has 1 atom stereocenters. The van der Waals surface area contributed by atoms with Gasteiger partial charge in [-0.15, -0.1) is 0 Å². The third-order valence-electron chi connectivity index (χ3n) is 2.80. The molecule has 2 rings (SSSR count). The number of fused-ring (bicyclic) bond motifs is 1. The molecule has 0 spiro atoms. The van der Waals surface area contributed by atoms with Gasteiger partial charge < -0.3 is 0 Å². The van der Waals surface area contributed by atoms with Crippen LogP contribution in [0.25, 0.3) is 10.9 Å². The Morgan fingerprint density at radius 1 is 1.28 bits per heavy atom. The van der Waals surface area contributed by atoms with Crippen molar-refractivity contribution in [1.82, 2.24) is 9.55 Å². The van der Waals surface area contributed by atoms with E-state index in [1.165, 1.54) is 0 Å². The van der Waals surface area contributed by atoms with E-state index in [1.807, 2.05) is 6.07 Å². The van der Waals surface area contributed by atoms with Crippen molar-refractivity contribution in [3.05, 3.63) is 45.1 Å². The highest BCUT2D eigenvalue weighted by atomic mass is 32.1. The zero-order valence-electron chi connectivity index (χ0n) is 9.67. The van der Waals surface area contributed by atoms with Crippen molar-refractivity contribution in [2.75, 3.05) is 5.75 Å². The number of nitrogens with one attached hydrogen (secondary N) is 1. The van der Waals surface area contributed by atoms with Crippen molar-refractivity contribution >= 4 is 36.2 Å². The molecule has 1 aromatic carbocycles. The van der Waals surface area contributed by atoms with Gasteiger partial charge in [-0.2, -0.15) is 25.3 Å². The molecule has 0 amide bonds. The van der Waals surface area contributed by atoms with Crippen molar-refractivity contribution in [1.29, 1.82) is 0 Å². The fourth-order valence-electron chi connectivity index (χ4n) is 1.83. The number of aromatic amines is 1. The van der Waals surface area contributed by atoms with Gasteiger partial charge in [0.2, 0.25) is 0 Å². The maximum absolute atomic E-state index is 11.8. The molecule has 1 heterocycles. The second-order valence-corrected chi connectivity index (χ2v) is 5.15. The Balaban J connectivity index is 2.50. The summed E-state index contributed by atoms with van der Waals surface area (Å²) in [6, 6.07) is 7.08. The Bertz CT molecular complexity index is 663. The SMILES string of the molecule is O=c1[nH]c(=O)n(CC[C@@H](S)CS)c2ccccc12. The molecule has 0 saturated carbocycles. The summed E-state index contributed by atoms with van der Waals surface area (Å²) in [5, 5.41) is 0.657. The number of H-pyrrole nitrogens is 1. The molecule has 0 bridgehead atoms. The fraction of sp³-hybridized carbons (Fsp3) is 0.333. The van der Waals surface area contributed by atoms with Crippen LogP contribution in [0.1, 0.15) is 6.42 Å². The van der Waals surface area contributed by atoms with Gasteiger partial charge in [0.25, 0.3) is 5.56 Å². The van der Waals surface area contributed by atoms with Crippen molar-refractivity contribution in [3.8, 4) is 0 Å². The van der Waals surface area contributed by atoms with Gasteiger partial charge in [-0.3, -0.25) is 14.3 Å². The molecule has 0 fully saturated rings. The fourth-order valence-corrected chi connectivity index (χ4v) is 2.13. The molecule has 0 aliphatic heterocycles. The maximum Gasteiger partial charge on any atom is 0.328 e. The van der Waals surface area contributed by atoms with Gasteiger partial charge in [-0.25, -0.2) is 4.79 Å². The van der Waals surface area contributed by atoms with E-state index in [1.54, 1.807) is 22.8 Å². The number of hydrogen-bond donors (Lipinski definition) is 3. The monoisotopic (exact) mass is 282 g/mol. The van der Waals surface area contributed by atoms with E-state index in [9.17, 15) is 9.59 Å². The third-order valence-corrected chi connectivity index (χ3v) is 3.97. The molecule has 96 valence electrons. The summed E-state index contributed by atoms with van der Waals surface area (Å²) >= 11 is 8.50. The first-order chi connectivity index (χ1) is 8.63. The van der Waals surface area contributed by atoms with Crippen LogP contribution in [0.3, 0.4) is 0 Å². The van der Waals surface area contributed by atoms with Gasteiger partial charge in [0.1, 0.15) is 0 Å². The van der Waals surface area contributed by atoms with Crippen molar-refractivity contribution in [3.63, 3.8) is 0 Å². The van der Waals surface area contributed by atoms with Crippen LogP contribution in [-0.2, 0) is 6.54 Å². The standard InChI is InChI=1S/C12H14N2O2S2/c15-11-9-3-1-2-4-10(9)14(12(16)13-11)6-5-8(18)7-17/h1-4,8,17-18H,5-7H2,(H,13,15,16)/t8-/m1/s1. The molecule has 2 aromatic rings. The zero-order valence-corrected chi connectivity index (χ0v) is 11.5. The quantitative estimate of drug-likeness (QED) is 0.741. The van der Waals surface area contributed by atoms with E-state index >= 15 is 0 Å². The van der Waals surface area contributed by atoms with Gasteiger partial charge in [-0.1, -0.05) is 12.1 Å². The van der Waals surface area contributed by atoms with Crippen molar-refractivity contribution in [2.45, 2.75) is 18.2 Å². The van der Waals surface area contributed by atoms with Crippen LogP contribution >= 0.6 is 25.3 Å². The zero-order chi connectivity index (χ0) is 13.1. The van der Waals surface area contributed by atoms with Crippen LogP contribution in [0.4, 0.5) is 0 Å². The van der Waals surface area contributed by atoms with Crippen LogP contribution < -0.4 is 11.2 Å². The van der Waals surface area contributed by atoms with Crippen LogP contribution in [0.15, 0.2) is 33.9 Å². The Labute approximate surface area is 115 Å². The number of nitrogens with zero attached hydrogens (tertiary/aromatic N) is 1. The predicted octanol–water partition coefficient (Wildman–Crippen LogP) is 1.31. The molecular formula is C12H14N2O2S2. The average molecular weight is 282 g/mol. The molecule has 0 unspecified atom stereocenters. The van der Waals surface area contributed by atoms with Crippen molar-refractivity contribution in [2.24, 2.45) is 0 Å². The van der Waals surface area contributed by atoms with E-state index in [-0.39, 0.29) is 16.5 Å². The molecule has 1 N–H and O–H groups in total. The summed E-state index contributed by atoms with van der Waals surface area (Å²) in [5.41, 5.74) is -0.0622. The highest BCUT2D eigenvalue weighted by molar-refractivity contribution is 7.84. The molecule has 0 aliphatic rings. The Morgan fingerprint density at radius 2 is 2.00 bits per heavy atom. The number of aromatic nitrogens is 2. The predicted molar refractivity (Wildman–Crippen MR) is 80.1 cm³/mol. The molecule has 0 saturated heterocycles. The van der Waals surface area contributed by atoms with Gasteiger partial charge >= 0.3 is 5.69 Å². The van der Waals surface area contributed by atoms with Crippen LogP contribution in [0.5, 0.6) is 0 Å². The first-order valence-electron chi connectivity index (χ1n) is 5.64. The Kier molecular flexibility index (Phi) is 4.19. The van der Waals surface area contributed by atoms with Crippen LogP contribution in [0, 0.1) is 0 Å². The lowest BCUT2D eigenvalue weighted by Crippen LogP contribution is -2.31. The second kappa shape index (κ2) is 5.67. The third kappa shape index (κ3) is 2.64. The lowest BCUT2D eigenvalue weighted by molar-refractivity contribution is 0.629. The van der Waals surface area contributed by atoms with Gasteiger partial charge in [0, 0.05) is 17.5 Å². The molecule has 0 aliphatic carbocycles. The molecule has 4 nitrogen and oxygen atoms in total. The number of thiol groups is 2. The Hall–Kier alpha value is -1.14. The molecular weight excluding hydrogens is 268 g/mol. The smallest absolute Gasteiger partial charge is 0.293 e. The summed E-state index contributed by atoms with van der Waals surface area (Å²) < 4.78 is 1.57. The topological polar surface area (TPSA) is 54.9 Å². The highest BCUT2D eigenvalue weighted by Gasteiger charge is 2.08. The Morgan fingerprint density at radius 3 is 2.72 bits per heavy atom. The van der Waals surface area contributed by atoms with Gasteiger partial charge in [0.15, 0.2) is 0 Å². The first kappa shape index (κ1) is 13.3. The summed E-state index contributed by atoms with van der Waals surface area (Å²) in [7, 11) is 0.